The molecule has 7 nitrogen and oxygen atoms in total. The van der Waals surface area contributed by atoms with Crippen LogP contribution in [0, 0.1) is 0 Å². The van der Waals surface area contributed by atoms with Gasteiger partial charge in [0.25, 0.3) is 0 Å². The Hall–Kier alpha value is -2.71. The third kappa shape index (κ3) is 6.90. The zero-order valence-electron chi connectivity index (χ0n) is 18.9. The lowest BCUT2D eigenvalue weighted by molar-refractivity contribution is -0.131. The summed E-state index contributed by atoms with van der Waals surface area (Å²) < 4.78 is 27.7. The van der Waals surface area contributed by atoms with Crippen molar-refractivity contribution in [3.8, 4) is 0 Å². The molecule has 8 heteroatoms. The summed E-state index contributed by atoms with van der Waals surface area (Å²) in [5.74, 6) is -0.581. The van der Waals surface area contributed by atoms with Gasteiger partial charge in [-0.05, 0) is 47.7 Å². The molecule has 0 radical (unpaired) electrons. The van der Waals surface area contributed by atoms with Crippen LogP contribution in [-0.4, -0.2) is 38.2 Å². The maximum atomic E-state index is 12.7. The van der Waals surface area contributed by atoms with Gasteiger partial charge in [0.1, 0.15) is 0 Å². The first-order valence-electron chi connectivity index (χ1n) is 10.0. The van der Waals surface area contributed by atoms with Crippen molar-refractivity contribution < 1.29 is 18.0 Å². The molecule has 168 valence electrons. The van der Waals surface area contributed by atoms with Gasteiger partial charge in [0, 0.05) is 26.2 Å². The Kier molecular flexibility index (Phi) is 7.62. The Morgan fingerprint density at radius 1 is 1.00 bits per heavy atom. The molecule has 2 amide bonds. The van der Waals surface area contributed by atoms with Gasteiger partial charge in [0.2, 0.25) is 21.8 Å². The third-order valence-electron chi connectivity index (χ3n) is 4.80. The molecule has 0 aliphatic rings. The number of likely N-dealkylation sites (N-methyl/N-ethyl adjacent to an activating group) is 1. The van der Waals surface area contributed by atoms with Crippen LogP contribution in [0.1, 0.15) is 45.7 Å². The van der Waals surface area contributed by atoms with Crippen LogP contribution in [0.4, 0.5) is 5.69 Å². The van der Waals surface area contributed by atoms with Crippen molar-refractivity contribution in [3.63, 3.8) is 0 Å². The van der Waals surface area contributed by atoms with E-state index in [1.807, 2.05) is 24.3 Å². The molecule has 0 unspecified atom stereocenters. The van der Waals surface area contributed by atoms with Gasteiger partial charge in [-0.25, -0.2) is 8.42 Å². The molecule has 0 spiro atoms. The van der Waals surface area contributed by atoms with E-state index in [2.05, 4.69) is 30.8 Å². The number of benzene rings is 2. The molecule has 0 aliphatic heterocycles. The summed E-state index contributed by atoms with van der Waals surface area (Å²) >= 11 is 0. The van der Waals surface area contributed by atoms with Crippen LogP contribution in [0.3, 0.4) is 0 Å². The minimum absolute atomic E-state index is 0.0154. The highest BCUT2D eigenvalue weighted by atomic mass is 32.2. The zero-order valence-corrected chi connectivity index (χ0v) is 19.7. The minimum atomic E-state index is -3.89. The van der Waals surface area contributed by atoms with Gasteiger partial charge in [-0.1, -0.05) is 45.0 Å². The molecular formula is C23H31N3O4S. The van der Waals surface area contributed by atoms with Crippen LogP contribution in [0.5, 0.6) is 0 Å². The summed E-state index contributed by atoms with van der Waals surface area (Å²) in [6.07, 6.45) is 0. The van der Waals surface area contributed by atoms with Gasteiger partial charge in [-0.15, -0.1) is 0 Å². The first-order valence-corrected chi connectivity index (χ1v) is 11.5. The van der Waals surface area contributed by atoms with Crippen molar-refractivity contribution in [3.05, 3.63) is 59.7 Å². The average molecular weight is 446 g/mol. The number of sulfonamides is 1. The highest BCUT2D eigenvalue weighted by molar-refractivity contribution is 7.89. The van der Waals surface area contributed by atoms with Gasteiger partial charge in [-0.3, -0.25) is 9.59 Å². The van der Waals surface area contributed by atoms with Gasteiger partial charge in [0.15, 0.2) is 0 Å². The standard InChI is InChI=1S/C23H31N3O4S/c1-16(25-31(29,30)21-13-11-20(12-14-21)24-17(2)27)22(28)26(6)15-18-7-9-19(10-8-18)23(3,4)5/h7-14,16,25H,15H2,1-6H3,(H,24,27)/t16-/m0/s1. The normalized spacial score (nSPS) is 12.8. The Bertz CT molecular complexity index is 1020. The van der Waals surface area contributed by atoms with Crippen LogP contribution in [0.25, 0.3) is 0 Å². The molecule has 31 heavy (non-hydrogen) atoms. The van der Waals surface area contributed by atoms with E-state index in [0.717, 1.165) is 5.56 Å². The largest absolute Gasteiger partial charge is 0.340 e. The Balaban J connectivity index is 2.02. The van der Waals surface area contributed by atoms with E-state index in [-0.39, 0.29) is 22.1 Å². The molecule has 2 aromatic rings. The molecule has 0 heterocycles. The summed E-state index contributed by atoms with van der Waals surface area (Å²) in [5, 5.41) is 2.58. The van der Waals surface area contributed by atoms with Gasteiger partial charge >= 0.3 is 0 Å². The van der Waals surface area contributed by atoms with Crippen molar-refractivity contribution in [2.45, 2.75) is 57.5 Å². The van der Waals surface area contributed by atoms with Crippen LogP contribution in [-0.2, 0) is 31.6 Å². The van der Waals surface area contributed by atoms with Gasteiger partial charge in [-0.2, -0.15) is 4.72 Å². The number of carbonyl (C=O) groups excluding carboxylic acids is 2. The smallest absolute Gasteiger partial charge is 0.241 e. The number of anilines is 1. The molecule has 0 bridgehead atoms. The summed E-state index contributed by atoms with van der Waals surface area (Å²) in [4.78, 5) is 25.3. The van der Waals surface area contributed by atoms with Crippen molar-refractivity contribution in [2.24, 2.45) is 0 Å². The number of nitrogens with zero attached hydrogens (tertiary/aromatic N) is 1. The number of rotatable bonds is 7. The van der Waals surface area contributed by atoms with Crippen molar-refractivity contribution in [1.82, 2.24) is 9.62 Å². The second-order valence-corrected chi connectivity index (χ2v) is 10.4. The molecule has 0 aliphatic carbocycles. The molecule has 0 aromatic heterocycles. The molecule has 0 fully saturated rings. The fraction of sp³-hybridized carbons (Fsp3) is 0.391. The maximum absolute atomic E-state index is 12.7. The second kappa shape index (κ2) is 9.62. The fourth-order valence-electron chi connectivity index (χ4n) is 3.06. The van der Waals surface area contributed by atoms with E-state index >= 15 is 0 Å². The lowest BCUT2D eigenvalue weighted by atomic mass is 9.87. The summed E-state index contributed by atoms with van der Waals surface area (Å²) in [6, 6.07) is 12.9. The number of hydrogen-bond donors (Lipinski definition) is 2. The Morgan fingerprint density at radius 2 is 1.55 bits per heavy atom. The van der Waals surface area contributed by atoms with Crippen LogP contribution in [0.2, 0.25) is 0 Å². The maximum Gasteiger partial charge on any atom is 0.241 e. The predicted octanol–water partition coefficient (Wildman–Crippen LogP) is 3.27. The minimum Gasteiger partial charge on any atom is -0.340 e. The van der Waals surface area contributed by atoms with Gasteiger partial charge < -0.3 is 10.2 Å². The molecule has 1 atom stereocenters. The fourth-order valence-corrected chi connectivity index (χ4v) is 4.26. The Labute approximate surface area is 184 Å². The second-order valence-electron chi connectivity index (χ2n) is 8.69. The topological polar surface area (TPSA) is 95.6 Å². The van der Waals surface area contributed by atoms with E-state index in [4.69, 9.17) is 0 Å². The molecule has 2 rings (SSSR count). The van der Waals surface area contributed by atoms with E-state index < -0.39 is 16.1 Å². The molecule has 2 aromatic carbocycles. The van der Waals surface area contributed by atoms with Crippen LogP contribution < -0.4 is 10.0 Å². The zero-order chi connectivity index (χ0) is 23.4. The van der Waals surface area contributed by atoms with E-state index in [0.29, 0.717) is 12.2 Å². The first kappa shape index (κ1) is 24.6. The number of carbonyl (C=O) groups is 2. The van der Waals surface area contributed by atoms with Crippen LogP contribution in [0.15, 0.2) is 53.4 Å². The van der Waals surface area contributed by atoms with Crippen molar-refractivity contribution in [2.75, 3.05) is 12.4 Å². The first-order chi connectivity index (χ1) is 14.3. The number of amides is 2. The number of nitrogens with one attached hydrogen (secondary N) is 2. The summed E-state index contributed by atoms with van der Waals surface area (Å²) in [5.41, 5.74) is 2.71. The predicted molar refractivity (Wildman–Crippen MR) is 122 cm³/mol. The lowest BCUT2D eigenvalue weighted by Gasteiger charge is -2.23. The summed E-state index contributed by atoms with van der Waals surface area (Å²) in [6.45, 7) is 9.68. The monoisotopic (exact) mass is 445 g/mol. The van der Waals surface area contributed by atoms with Crippen molar-refractivity contribution in [1.29, 1.82) is 0 Å². The Morgan fingerprint density at radius 3 is 2.03 bits per heavy atom. The van der Waals surface area contributed by atoms with E-state index in [1.165, 1.54) is 48.6 Å². The highest BCUT2D eigenvalue weighted by Crippen LogP contribution is 2.22. The van der Waals surface area contributed by atoms with E-state index in [9.17, 15) is 18.0 Å². The molecule has 2 N–H and O–H groups in total. The van der Waals surface area contributed by atoms with Gasteiger partial charge in [0.05, 0.1) is 10.9 Å². The number of hydrogen-bond acceptors (Lipinski definition) is 4. The van der Waals surface area contributed by atoms with Crippen molar-refractivity contribution >= 4 is 27.5 Å². The molecular weight excluding hydrogens is 414 g/mol. The highest BCUT2D eigenvalue weighted by Gasteiger charge is 2.24. The van der Waals surface area contributed by atoms with E-state index in [1.54, 1.807) is 7.05 Å². The van der Waals surface area contributed by atoms with Crippen LogP contribution >= 0.6 is 0 Å². The SMILES string of the molecule is CC(=O)Nc1ccc(S(=O)(=O)N[C@@H](C)C(=O)N(C)Cc2ccc(C(C)(C)C)cc2)cc1. The quantitative estimate of drug-likeness (QED) is 0.684. The summed E-state index contributed by atoms with van der Waals surface area (Å²) in [7, 11) is -2.24. The third-order valence-corrected chi connectivity index (χ3v) is 6.36. The average Bonchev–Trinajstić information content (AvgIpc) is 2.66. The molecule has 0 saturated carbocycles. The molecule has 0 saturated heterocycles. The lowest BCUT2D eigenvalue weighted by Crippen LogP contribution is -2.45.